The number of rotatable bonds is 5. The van der Waals surface area contributed by atoms with Gasteiger partial charge in [-0.25, -0.2) is 0 Å². The molecule has 2 fully saturated rings. The highest BCUT2D eigenvalue weighted by Crippen LogP contribution is 2.59. The summed E-state index contributed by atoms with van der Waals surface area (Å²) in [5.41, 5.74) is 1.07. The number of amides is 3. The Balaban J connectivity index is 1.68. The average Bonchev–Trinajstić information content (AvgIpc) is 3.56. The predicted molar refractivity (Wildman–Crippen MR) is 168 cm³/mol. The monoisotopic (exact) mass is 671 g/mol. The molecule has 11 heteroatoms. The highest BCUT2D eigenvalue weighted by Gasteiger charge is 2.75. The van der Waals surface area contributed by atoms with E-state index in [1.807, 2.05) is 58.0 Å². The number of hydrogen-bond acceptors (Lipinski definition) is 7. The van der Waals surface area contributed by atoms with Gasteiger partial charge in [-0.1, -0.05) is 54.1 Å². The number of likely N-dealkylation sites (tertiary alicyclic amines) is 1. The molecule has 0 saturated carbocycles. The van der Waals surface area contributed by atoms with E-state index in [4.69, 9.17) is 9.47 Å². The third kappa shape index (κ3) is 5.74. The Labute approximate surface area is 266 Å². The van der Waals surface area contributed by atoms with Crippen LogP contribution in [-0.4, -0.2) is 83.3 Å². The number of benzene rings is 1. The van der Waals surface area contributed by atoms with Crippen molar-refractivity contribution in [2.75, 3.05) is 24.6 Å². The number of halogens is 1. The smallest absolute Gasteiger partial charge is 0.313 e. The lowest BCUT2D eigenvalue weighted by Gasteiger charge is -2.39. The first kappa shape index (κ1) is 32.4. The van der Waals surface area contributed by atoms with Crippen molar-refractivity contribution in [2.45, 2.75) is 83.8 Å². The van der Waals surface area contributed by atoms with Crippen molar-refractivity contribution in [3.05, 3.63) is 52.0 Å². The lowest BCUT2D eigenvalue weighted by molar-refractivity contribution is -0.159. The van der Waals surface area contributed by atoms with Gasteiger partial charge in [0.1, 0.15) is 29.8 Å². The molecule has 1 aromatic rings. The van der Waals surface area contributed by atoms with E-state index in [1.54, 1.807) is 17.9 Å². The van der Waals surface area contributed by atoms with Gasteiger partial charge in [0.05, 0.1) is 25.1 Å². The Morgan fingerprint density at radius 2 is 1.89 bits per heavy atom. The molecule has 0 aliphatic carbocycles. The van der Waals surface area contributed by atoms with Gasteiger partial charge in [-0.2, -0.15) is 0 Å². The molecule has 44 heavy (non-hydrogen) atoms. The van der Waals surface area contributed by atoms with Gasteiger partial charge in [0.25, 0.3) is 5.91 Å². The van der Waals surface area contributed by atoms with E-state index in [1.165, 1.54) is 4.90 Å². The molecule has 7 atom stereocenters. The van der Waals surface area contributed by atoms with Crippen LogP contribution in [0, 0.1) is 31.6 Å². The van der Waals surface area contributed by atoms with Crippen LogP contribution in [0.4, 0.5) is 5.69 Å². The lowest BCUT2D eigenvalue weighted by Crippen LogP contribution is -2.59. The normalized spacial score (nSPS) is 32.5. The van der Waals surface area contributed by atoms with Gasteiger partial charge in [-0.05, 0) is 62.8 Å². The van der Waals surface area contributed by atoms with E-state index < -0.39 is 53.6 Å². The second-order valence-electron chi connectivity index (χ2n) is 12.8. The molecule has 1 spiro atoms. The summed E-state index contributed by atoms with van der Waals surface area (Å²) in [5, 5.41) is 13.4. The van der Waals surface area contributed by atoms with Gasteiger partial charge in [0, 0.05) is 23.1 Å². The highest BCUT2D eigenvalue weighted by molar-refractivity contribution is 9.11. The third-order valence-electron chi connectivity index (χ3n) is 9.04. The van der Waals surface area contributed by atoms with Crippen molar-refractivity contribution in [2.24, 2.45) is 17.8 Å². The zero-order valence-corrected chi connectivity index (χ0v) is 27.5. The summed E-state index contributed by atoms with van der Waals surface area (Å²) in [5.74, 6) is -3.51. The SMILES string of the molecule is Cc1ccc(C)c(N2C/C=C\CCC(=O)NC[C@H](C)OC(=O)[C@H]3[C@@H]4O[C@@]5(C=C4Br)[C@@H]3C(=O)N([C@@H](CO)CC(C)C)[C@@H]5C2=O)c1. The van der Waals surface area contributed by atoms with E-state index in [0.29, 0.717) is 23.0 Å². The van der Waals surface area contributed by atoms with Crippen LogP contribution in [-0.2, 0) is 28.7 Å². The fourth-order valence-corrected chi connectivity index (χ4v) is 7.80. The number of hydrogen-bond donors (Lipinski definition) is 2. The number of carbonyl (C=O) groups excluding carboxylic acids is 4. The zero-order valence-electron chi connectivity index (χ0n) is 25.9. The van der Waals surface area contributed by atoms with Crippen molar-refractivity contribution in [3.8, 4) is 0 Å². The second kappa shape index (κ2) is 12.8. The van der Waals surface area contributed by atoms with Gasteiger partial charge in [-0.3, -0.25) is 19.2 Å². The van der Waals surface area contributed by atoms with Crippen molar-refractivity contribution in [1.82, 2.24) is 10.2 Å². The first-order chi connectivity index (χ1) is 20.9. The fraction of sp³-hybridized carbons (Fsp3) is 0.576. The van der Waals surface area contributed by atoms with E-state index >= 15 is 4.79 Å². The van der Waals surface area contributed by atoms with Crippen LogP contribution in [0.25, 0.3) is 0 Å². The topological polar surface area (TPSA) is 125 Å². The number of cyclic esters (lactones) is 1. The summed E-state index contributed by atoms with van der Waals surface area (Å²) in [6, 6.07) is 4.05. The number of ether oxygens (including phenoxy) is 2. The van der Waals surface area contributed by atoms with Crippen LogP contribution >= 0.6 is 15.9 Å². The molecule has 0 aromatic heterocycles. The van der Waals surface area contributed by atoms with Crippen LogP contribution in [0.3, 0.4) is 0 Å². The maximum absolute atomic E-state index is 15.1. The standard InChI is InChI=1S/C33H42BrN3O7/c1-18(2)13-22(17-38)37-29-31(41)36(24-14-19(3)10-11-20(24)4)12-8-6-7-9-25(39)35-16-21(5)43-32(42)26-27(30(37)40)33(29)15-23(34)28(26)44-33/h6,8,10-11,14-15,18,21-22,26-29,38H,7,9,12-13,16-17H2,1-5H3,(H,35,39)/b8-6-/t21-,22+,26+,27-,28+,29+,33-/m0/s1. The largest absolute Gasteiger partial charge is 0.460 e. The van der Waals surface area contributed by atoms with Crippen molar-refractivity contribution in [3.63, 3.8) is 0 Å². The molecular formula is C33H42BrN3O7. The van der Waals surface area contributed by atoms with Gasteiger partial charge in [0.15, 0.2) is 0 Å². The Kier molecular flexibility index (Phi) is 9.39. The molecule has 4 aliphatic rings. The van der Waals surface area contributed by atoms with Crippen LogP contribution in [0.5, 0.6) is 0 Å². The van der Waals surface area contributed by atoms with E-state index in [9.17, 15) is 19.5 Å². The van der Waals surface area contributed by atoms with Crippen LogP contribution in [0.15, 0.2) is 40.9 Å². The van der Waals surface area contributed by atoms with Crippen LogP contribution < -0.4 is 10.2 Å². The molecule has 4 aliphatic heterocycles. The van der Waals surface area contributed by atoms with Gasteiger partial charge < -0.3 is 29.7 Å². The molecule has 1 aromatic carbocycles. The Bertz CT molecular complexity index is 1390. The number of aliphatic hydroxyl groups is 1. The minimum atomic E-state index is -1.45. The molecule has 238 valence electrons. The zero-order chi connectivity index (χ0) is 31.9. The maximum atomic E-state index is 15.1. The number of allylic oxidation sites excluding steroid dienone is 1. The number of carbonyl (C=O) groups is 4. The Hall–Kier alpha value is -3.02. The Morgan fingerprint density at radius 1 is 1.14 bits per heavy atom. The molecule has 0 unspecified atom stereocenters. The van der Waals surface area contributed by atoms with E-state index in [-0.39, 0.29) is 43.8 Å². The van der Waals surface area contributed by atoms with Crippen LogP contribution in [0.1, 0.15) is 51.2 Å². The molecule has 2 N–H and O–H groups in total. The van der Waals surface area contributed by atoms with E-state index in [2.05, 4.69) is 21.2 Å². The van der Waals surface area contributed by atoms with Crippen molar-refractivity contribution in [1.29, 1.82) is 0 Å². The number of aryl methyl sites for hydroxylation is 2. The number of fused-ring (bicyclic) bond motifs is 2. The summed E-state index contributed by atoms with van der Waals surface area (Å²) >= 11 is 3.57. The number of nitrogens with zero attached hydrogens (tertiary/aromatic N) is 2. The number of aliphatic hydroxyl groups excluding tert-OH is 1. The summed E-state index contributed by atoms with van der Waals surface area (Å²) < 4.78 is 12.9. The molecule has 5 bridgehead atoms. The summed E-state index contributed by atoms with van der Waals surface area (Å²) in [6.07, 6.45) is 5.20. The van der Waals surface area contributed by atoms with Crippen molar-refractivity contribution >= 4 is 45.3 Å². The fourth-order valence-electron chi connectivity index (χ4n) is 7.06. The lowest BCUT2D eigenvalue weighted by atomic mass is 9.74. The Morgan fingerprint density at radius 3 is 2.59 bits per heavy atom. The highest BCUT2D eigenvalue weighted by atomic mass is 79.9. The summed E-state index contributed by atoms with van der Waals surface area (Å²) in [4.78, 5) is 58.9. The number of anilines is 1. The maximum Gasteiger partial charge on any atom is 0.313 e. The summed E-state index contributed by atoms with van der Waals surface area (Å²) in [6.45, 7) is 9.52. The quantitative estimate of drug-likeness (QED) is 0.364. The van der Waals surface area contributed by atoms with Gasteiger partial charge >= 0.3 is 5.97 Å². The predicted octanol–water partition coefficient (Wildman–Crippen LogP) is 3.31. The van der Waals surface area contributed by atoms with Crippen LogP contribution in [0.2, 0.25) is 0 Å². The minimum absolute atomic E-state index is 0.119. The molecule has 0 radical (unpaired) electrons. The minimum Gasteiger partial charge on any atom is -0.460 e. The molecular weight excluding hydrogens is 630 g/mol. The first-order valence-electron chi connectivity index (χ1n) is 15.4. The van der Waals surface area contributed by atoms with E-state index in [0.717, 1.165) is 11.1 Å². The second-order valence-corrected chi connectivity index (χ2v) is 13.8. The van der Waals surface area contributed by atoms with Crippen molar-refractivity contribution < 1.29 is 33.8 Å². The molecule has 2 saturated heterocycles. The number of esters is 1. The molecule has 5 rings (SSSR count). The molecule has 4 heterocycles. The molecule has 3 amide bonds. The van der Waals surface area contributed by atoms with Gasteiger partial charge in [-0.15, -0.1) is 0 Å². The first-order valence-corrected chi connectivity index (χ1v) is 16.2. The number of nitrogens with one attached hydrogen (secondary N) is 1. The third-order valence-corrected chi connectivity index (χ3v) is 9.72. The average molecular weight is 673 g/mol. The summed E-state index contributed by atoms with van der Waals surface area (Å²) in [7, 11) is 0. The molecule has 10 nitrogen and oxygen atoms in total. The van der Waals surface area contributed by atoms with Gasteiger partial charge in [0.2, 0.25) is 11.8 Å².